The van der Waals surface area contributed by atoms with Gasteiger partial charge in [0, 0.05) is 22.3 Å². The van der Waals surface area contributed by atoms with Gasteiger partial charge in [0.25, 0.3) is 0 Å². The monoisotopic (exact) mass is 1000 g/mol. The molecule has 0 saturated carbocycles. The minimum atomic E-state index is 0.371. The summed E-state index contributed by atoms with van der Waals surface area (Å²) in [6.07, 6.45) is 0. The summed E-state index contributed by atoms with van der Waals surface area (Å²) in [5.41, 5.74) is 32.5. The molecule has 0 aliphatic rings. The van der Waals surface area contributed by atoms with Gasteiger partial charge in [0.05, 0.1) is 13.1 Å². The Morgan fingerprint density at radius 2 is 0.538 bits per heavy atom. The van der Waals surface area contributed by atoms with Gasteiger partial charge in [-0.05, 0) is 108 Å². The molecule has 374 valence electrons. The van der Waals surface area contributed by atoms with Crippen molar-refractivity contribution in [1.29, 1.82) is 0 Å². The lowest BCUT2D eigenvalue weighted by molar-refractivity contribution is 1.06. The molecule has 0 amide bonds. The lowest BCUT2D eigenvalue weighted by atomic mass is 9.97. The van der Waals surface area contributed by atoms with Crippen LogP contribution in [-0.2, 0) is 13.1 Å². The molecule has 11 aromatic rings. The highest BCUT2D eigenvalue weighted by molar-refractivity contribution is 6.12. The molecule has 6 heteroatoms. The fraction of sp³-hybridized carbons (Fsp3) is 0.0278. The SMILES string of the molecule is N/C(=N\C(=N/Cc1cccc(-c2ccccc2)c1)c1ccc(-c2ccccc2)cc1)c1cccc(-c2cccc(-c3cccc(C(/N=C(\N)c4cccc(-c5ccccc5)c4)=N/Cc4ccc(-c5ccccc5)cc4)c3)c2)c1. The molecule has 0 aromatic heterocycles. The van der Waals surface area contributed by atoms with Crippen LogP contribution in [0.1, 0.15) is 33.4 Å². The summed E-state index contributed by atoms with van der Waals surface area (Å²) in [5, 5.41) is 0. The Balaban J connectivity index is 0.891. The van der Waals surface area contributed by atoms with E-state index in [4.69, 9.17) is 31.4 Å². The number of hydrogen-bond acceptors (Lipinski definition) is 2. The molecule has 11 rings (SSSR count). The Kier molecular flexibility index (Phi) is 15.3. The van der Waals surface area contributed by atoms with Crippen LogP contribution in [0.4, 0.5) is 0 Å². The van der Waals surface area contributed by atoms with Crippen molar-refractivity contribution in [1.82, 2.24) is 0 Å². The summed E-state index contributed by atoms with van der Waals surface area (Å²) in [4.78, 5) is 20.4. The second-order valence-corrected chi connectivity index (χ2v) is 19.0. The highest BCUT2D eigenvalue weighted by Gasteiger charge is 2.13. The van der Waals surface area contributed by atoms with Gasteiger partial charge in [-0.2, -0.15) is 0 Å². The predicted molar refractivity (Wildman–Crippen MR) is 327 cm³/mol. The molecule has 0 spiro atoms. The Morgan fingerprint density at radius 3 is 1.01 bits per heavy atom. The van der Waals surface area contributed by atoms with Crippen molar-refractivity contribution in [2.24, 2.45) is 31.4 Å². The van der Waals surface area contributed by atoms with Gasteiger partial charge >= 0.3 is 0 Å². The van der Waals surface area contributed by atoms with Gasteiger partial charge in [-0.1, -0.05) is 261 Å². The van der Waals surface area contributed by atoms with Crippen molar-refractivity contribution >= 4 is 23.3 Å². The van der Waals surface area contributed by atoms with Crippen molar-refractivity contribution < 1.29 is 0 Å². The zero-order valence-electron chi connectivity index (χ0n) is 43.1. The van der Waals surface area contributed by atoms with E-state index in [0.29, 0.717) is 36.4 Å². The van der Waals surface area contributed by atoms with Crippen LogP contribution < -0.4 is 11.5 Å². The molecule has 6 nitrogen and oxygen atoms in total. The molecular formula is C72H56N6. The van der Waals surface area contributed by atoms with Gasteiger partial charge in [0.15, 0.2) is 11.7 Å². The second kappa shape index (κ2) is 23.9. The number of nitrogens with two attached hydrogens (primary N) is 2. The van der Waals surface area contributed by atoms with E-state index in [1.807, 2.05) is 66.7 Å². The predicted octanol–water partition coefficient (Wildman–Crippen LogP) is 16.4. The molecule has 11 aromatic carbocycles. The van der Waals surface area contributed by atoms with Crippen LogP contribution >= 0.6 is 0 Å². The van der Waals surface area contributed by atoms with Crippen molar-refractivity contribution in [2.75, 3.05) is 0 Å². The van der Waals surface area contributed by atoms with Crippen LogP contribution in [0.5, 0.6) is 0 Å². The fourth-order valence-corrected chi connectivity index (χ4v) is 9.49. The first-order valence-electron chi connectivity index (χ1n) is 26.2. The van der Waals surface area contributed by atoms with E-state index in [-0.39, 0.29) is 0 Å². The Labute approximate surface area is 456 Å². The van der Waals surface area contributed by atoms with Crippen LogP contribution in [0.25, 0.3) is 66.8 Å². The highest BCUT2D eigenvalue weighted by atomic mass is 15.0. The molecule has 0 bridgehead atoms. The molecule has 4 N–H and O–H groups in total. The summed E-state index contributed by atoms with van der Waals surface area (Å²) in [6, 6.07) is 100. The second-order valence-electron chi connectivity index (χ2n) is 19.0. The molecule has 0 radical (unpaired) electrons. The number of amidine groups is 4. The van der Waals surface area contributed by atoms with E-state index in [1.165, 1.54) is 5.56 Å². The zero-order valence-corrected chi connectivity index (χ0v) is 43.1. The Morgan fingerprint density at radius 1 is 0.231 bits per heavy atom. The summed E-state index contributed by atoms with van der Waals surface area (Å²) in [7, 11) is 0. The summed E-state index contributed by atoms with van der Waals surface area (Å²) >= 11 is 0. The van der Waals surface area contributed by atoms with Crippen LogP contribution in [0.15, 0.2) is 311 Å². The number of benzene rings is 11. The average Bonchev–Trinajstić information content (AvgIpc) is 3.53. The maximum absolute atomic E-state index is 6.97. The molecule has 0 atom stereocenters. The molecule has 78 heavy (non-hydrogen) atoms. The standard InChI is InChI=1S/C72H56N6/c73-69(77-71(59-42-40-58(41-43-59)54-21-7-2-8-22-54)76-50-52-18-13-27-60(44-52)55-23-9-3-10-24-55)67-34-16-31-64(47-67)62-29-14-30-63(45-62)65-32-17-35-68(48-65)72(75-49-51-36-38-57(39-37-51)53-19-5-1-6-20-53)78-70(74)66-33-15-28-61(46-66)56-25-11-4-12-26-56/h1-48H,49-50H2,(H2,73,76,77)(H2,74,75,78). The molecular weight excluding hydrogens is 949 g/mol. The molecule has 0 aliphatic heterocycles. The summed E-state index contributed by atoms with van der Waals surface area (Å²) in [5.74, 6) is 1.85. The molecule has 0 aliphatic carbocycles. The summed E-state index contributed by atoms with van der Waals surface area (Å²) in [6.45, 7) is 0.851. The third-order valence-corrected chi connectivity index (χ3v) is 13.7. The quantitative estimate of drug-likeness (QED) is 0.0837. The van der Waals surface area contributed by atoms with E-state index in [1.54, 1.807) is 0 Å². The van der Waals surface area contributed by atoms with Crippen molar-refractivity contribution in [3.63, 3.8) is 0 Å². The molecule has 0 fully saturated rings. The molecule has 0 saturated heterocycles. The number of aliphatic imine (C=N–C) groups is 4. The summed E-state index contributed by atoms with van der Waals surface area (Å²) < 4.78 is 0. The van der Waals surface area contributed by atoms with Crippen molar-refractivity contribution in [3.05, 3.63) is 325 Å². The van der Waals surface area contributed by atoms with Gasteiger partial charge in [-0.3, -0.25) is 9.98 Å². The van der Waals surface area contributed by atoms with Crippen LogP contribution in [0, 0.1) is 0 Å². The zero-order chi connectivity index (χ0) is 52.9. The first kappa shape index (κ1) is 49.9. The maximum Gasteiger partial charge on any atom is 0.157 e. The lowest BCUT2D eigenvalue weighted by Gasteiger charge is -2.11. The van der Waals surface area contributed by atoms with Crippen molar-refractivity contribution in [2.45, 2.75) is 13.1 Å². The van der Waals surface area contributed by atoms with E-state index in [9.17, 15) is 0 Å². The topological polar surface area (TPSA) is 101 Å². The van der Waals surface area contributed by atoms with E-state index in [2.05, 4.69) is 224 Å². The average molecular weight is 1010 g/mol. The smallest absolute Gasteiger partial charge is 0.157 e. The fourth-order valence-electron chi connectivity index (χ4n) is 9.49. The third-order valence-electron chi connectivity index (χ3n) is 13.7. The third kappa shape index (κ3) is 12.3. The minimum absolute atomic E-state index is 0.371. The van der Waals surface area contributed by atoms with E-state index >= 15 is 0 Å². The lowest BCUT2D eigenvalue weighted by Crippen LogP contribution is -2.16. The number of rotatable bonds is 14. The van der Waals surface area contributed by atoms with Gasteiger partial charge in [0.1, 0.15) is 11.7 Å². The van der Waals surface area contributed by atoms with Gasteiger partial charge in [-0.15, -0.1) is 0 Å². The van der Waals surface area contributed by atoms with Crippen LogP contribution in [0.3, 0.4) is 0 Å². The van der Waals surface area contributed by atoms with Crippen LogP contribution in [0.2, 0.25) is 0 Å². The number of nitrogens with zero attached hydrogens (tertiary/aromatic N) is 4. The van der Waals surface area contributed by atoms with Gasteiger partial charge in [-0.25, -0.2) is 9.98 Å². The van der Waals surface area contributed by atoms with Gasteiger partial charge in [0.2, 0.25) is 0 Å². The molecule has 0 heterocycles. The first-order chi connectivity index (χ1) is 38.5. The minimum Gasteiger partial charge on any atom is -0.383 e. The Bertz CT molecular complexity index is 3940. The van der Waals surface area contributed by atoms with E-state index < -0.39 is 0 Å². The van der Waals surface area contributed by atoms with Gasteiger partial charge < -0.3 is 11.5 Å². The maximum atomic E-state index is 6.97. The van der Waals surface area contributed by atoms with Crippen molar-refractivity contribution in [3.8, 4) is 66.8 Å². The van der Waals surface area contributed by atoms with Crippen LogP contribution in [-0.4, -0.2) is 23.3 Å². The normalized spacial score (nSPS) is 12.1. The first-order valence-corrected chi connectivity index (χ1v) is 26.2. The highest BCUT2D eigenvalue weighted by Crippen LogP contribution is 2.30. The Hall–Kier alpha value is -10.3. The molecule has 0 unspecified atom stereocenters. The number of hydrogen-bond donors (Lipinski definition) is 2. The van der Waals surface area contributed by atoms with E-state index in [0.717, 1.165) is 94.6 Å². The largest absolute Gasteiger partial charge is 0.383 e.